The Morgan fingerprint density at radius 2 is 1.23 bits per heavy atom. The van der Waals surface area contributed by atoms with Crippen LogP contribution in [0.3, 0.4) is 0 Å². The van der Waals surface area contributed by atoms with Crippen LogP contribution >= 0.6 is 0 Å². The van der Waals surface area contributed by atoms with Crippen LogP contribution in [0.15, 0.2) is 97.1 Å². The zero-order valence-corrected chi connectivity index (χ0v) is 23.6. The number of carbonyl (C=O) groups is 2. The number of halogens is 4. The Kier molecular flexibility index (Phi) is 10.6. The van der Waals surface area contributed by atoms with Gasteiger partial charge >= 0.3 is 18.1 Å². The van der Waals surface area contributed by atoms with Crippen molar-refractivity contribution in [2.75, 3.05) is 0 Å². The molecule has 0 amide bonds. The van der Waals surface area contributed by atoms with Gasteiger partial charge in [-0.15, -0.1) is 0 Å². The number of carboxylic acids is 2. The third kappa shape index (κ3) is 9.29. The Morgan fingerprint density at radius 3 is 1.70 bits per heavy atom. The summed E-state index contributed by atoms with van der Waals surface area (Å²) in [6.45, 7) is -0.00723. The summed E-state index contributed by atoms with van der Waals surface area (Å²) in [5.74, 6) is -2.09. The molecule has 0 saturated heterocycles. The van der Waals surface area contributed by atoms with Gasteiger partial charge in [-0.3, -0.25) is 0 Å². The van der Waals surface area contributed by atoms with E-state index < -0.39 is 29.5 Å². The molecule has 44 heavy (non-hydrogen) atoms. The van der Waals surface area contributed by atoms with E-state index in [1.165, 1.54) is 30.3 Å². The van der Waals surface area contributed by atoms with Crippen molar-refractivity contribution in [2.24, 2.45) is 5.92 Å². The fourth-order valence-electron chi connectivity index (χ4n) is 4.64. The summed E-state index contributed by atoms with van der Waals surface area (Å²) in [5.41, 5.74) is 2.57. The van der Waals surface area contributed by atoms with E-state index in [0.717, 1.165) is 23.3 Å². The predicted molar refractivity (Wildman–Crippen MR) is 158 cm³/mol. The van der Waals surface area contributed by atoms with Gasteiger partial charge in [-0.05, 0) is 103 Å². The number of aryl methyl sites for hydroxylation is 2. The van der Waals surface area contributed by atoms with Crippen LogP contribution in [0, 0.1) is 11.7 Å². The number of ether oxygens (including phenoxy) is 1. The third-order valence-electron chi connectivity index (χ3n) is 7.20. The maximum absolute atomic E-state index is 14.2. The summed E-state index contributed by atoms with van der Waals surface area (Å²) in [6, 6.07) is 22.0. The van der Waals surface area contributed by atoms with Crippen LogP contribution in [0.1, 0.15) is 61.4 Å². The summed E-state index contributed by atoms with van der Waals surface area (Å²) in [7, 11) is 0. The second-order valence-corrected chi connectivity index (χ2v) is 10.4. The van der Waals surface area contributed by atoms with Gasteiger partial charge in [0.25, 0.3) is 0 Å². The van der Waals surface area contributed by atoms with Crippen LogP contribution in [-0.4, -0.2) is 22.2 Å². The number of allylic oxidation sites excluding steroid dienone is 1. The first-order valence-corrected chi connectivity index (χ1v) is 13.9. The van der Waals surface area contributed by atoms with Gasteiger partial charge < -0.3 is 14.9 Å². The first kappa shape index (κ1) is 32.0. The zero-order chi connectivity index (χ0) is 31.7. The summed E-state index contributed by atoms with van der Waals surface area (Å²) < 4.78 is 58.7. The van der Waals surface area contributed by atoms with Crippen molar-refractivity contribution in [1.82, 2.24) is 0 Å². The van der Waals surface area contributed by atoms with Crippen LogP contribution in [0.2, 0.25) is 0 Å². The Bertz CT molecular complexity index is 1530. The van der Waals surface area contributed by atoms with Crippen molar-refractivity contribution < 1.29 is 42.1 Å². The van der Waals surface area contributed by atoms with Crippen LogP contribution < -0.4 is 4.74 Å². The van der Waals surface area contributed by atoms with Gasteiger partial charge in [-0.1, -0.05) is 48.6 Å². The number of hydrogen-bond donors (Lipinski definition) is 2. The summed E-state index contributed by atoms with van der Waals surface area (Å²) in [6.07, 6.45) is 2.00. The van der Waals surface area contributed by atoms with E-state index in [2.05, 4.69) is 0 Å². The normalized spacial score (nSPS) is 11.7. The maximum atomic E-state index is 14.2. The maximum Gasteiger partial charge on any atom is 0.416 e. The molecule has 0 aliphatic heterocycles. The van der Waals surface area contributed by atoms with E-state index in [0.29, 0.717) is 42.6 Å². The zero-order valence-electron chi connectivity index (χ0n) is 23.6. The van der Waals surface area contributed by atoms with Gasteiger partial charge in [0.1, 0.15) is 18.2 Å². The lowest BCUT2D eigenvalue weighted by molar-refractivity contribution is -0.137. The second kappa shape index (κ2) is 14.5. The Morgan fingerprint density at radius 1 is 0.727 bits per heavy atom. The summed E-state index contributed by atoms with van der Waals surface area (Å²) >= 11 is 0. The molecule has 4 aromatic rings. The molecule has 0 spiro atoms. The number of hydrogen-bond acceptors (Lipinski definition) is 3. The molecule has 228 valence electrons. The van der Waals surface area contributed by atoms with Crippen LogP contribution in [0.5, 0.6) is 5.75 Å². The van der Waals surface area contributed by atoms with Crippen molar-refractivity contribution in [3.8, 4) is 5.75 Å². The number of benzene rings is 4. The highest BCUT2D eigenvalue weighted by atomic mass is 19.4. The highest BCUT2D eigenvalue weighted by Gasteiger charge is 2.29. The molecule has 0 atom stereocenters. The number of rotatable bonds is 13. The van der Waals surface area contributed by atoms with E-state index >= 15 is 0 Å². The van der Waals surface area contributed by atoms with Gasteiger partial charge in [0.15, 0.2) is 0 Å². The van der Waals surface area contributed by atoms with Crippen molar-refractivity contribution in [2.45, 2.75) is 38.5 Å². The summed E-state index contributed by atoms with van der Waals surface area (Å²) in [4.78, 5) is 22.4. The molecule has 0 radical (unpaired) electrons. The Balaban J connectivity index is 1.49. The lowest BCUT2D eigenvalue weighted by atomic mass is 9.91. The fraction of sp³-hybridized carbons (Fsp3) is 0.200. The fourth-order valence-corrected chi connectivity index (χ4v) is 4.64. The molecule has 0 bridgehead atoms. The lowest BCUT2D eigenvalue weighted by Gasteiger charge is -2.15. The minimum atomic E-state index is -4.44. The molecule has 0 aliphatic carbocycles. The standard InChI is InChI=1S/C35H30F4O5/c36-31-19-20-32(44-22-26-10-17-30(18-11-26)35(37,38)39)29(21-31)16-9-23(1-3-24-5-12-27(13-6-24)33(40)41)2-4-25-7-14-28(15-8-25)34(42)43/h5-21,23H,1-4,22H2,(H,40,41)(H,42,43)/b16-9+. The third-order valence-corrected chi connectivity index (χ3v) is 7.20. The number of alkyl halides is 3. The van der Waals surface area contributed by atoms with Gasteiger partial charge in [0, 0.05) is 5.56 Å². The van der Waals surface area contributed by atoms with Gasteiger partial charge in [-0.25, -0.2) is 14.0 Å². The van der Waals surface area contributed by atoms with Crippen molar-refractivity contribution in [1.29, 1.82) is 0 Å². The first-order valence-electron chi connectivity index (χ1n) is 13.9. The molecule has 2 N–H and O–H groups in total. The monoisotopic (exact) mass is 606 g/mol. The molecule has 0 unspecified atom stereocenters. The van der Waals surface area contributed by atoms with Crippen LogP contribution in [0.4, 0.5) is 17.6 Å². The van der Waals surface area contributed by atoms with Gasteiger partial charge in [-0.2, -0.15) is 13.2 Å². The highest BCUT2D eigenvalue weighted by Crippen LogP contribution is 2.30. The Labute approximate surface area is 252 Å². The van der Waals surface area contributed by atoms with E-state index in [1.54, 1.807) is 54.6 Å². The van der Waals surface area contributed by atoms with E-state index in [4.69, 9.17) is 14.9 Å². The van der Waals surface area contributed by atoms with Crippen molar-refractivity contribution in [3.05, 3.63) is 142 Å². The van der Waals surface area contributed by atoms with Crippen LogP contribution in [-0.2, 0) is 25.6 Å². The second-order valence-electron chi connectivity index (χ2n) is 10.4. The molecule has 0 saturated carbocycles. The first-order chi connectivity index (χ1) is 21.0. The lowest BCUT2D eigenvalue weighted by Crippen LogP contribution is -2.05. The van der Waals surface area contributed by atoms with Crippen LogP contribution in [0.25, 0.3) is 6.08 Å². The number of carboxylic acid groups (broad SMARTS) is 2. The largest absolute Gasteiger partial charge is 0.488 e. The average molecular weight is 607 g/mol. The SMILES string of the molecule is O=C(O)c1ccc(CCC(/C=C/c2cc(F)ccc2OCc2ccc(C(F)(F)F)cc2)CCc2ccc(C(=O)O)cc2)cc1. The van der Waals surface area contributed by atoms with Crippen molar-refractivity contribution in [3.63, 3.8) is 0 Å². The highest BCUT2D eigenvalue weighted by molar-refractivity contribution is 5.88. The molecular formula is C35H30F4O5. The summed E-state index contributed by atoms with van der Waals surface area (Å²) in [5, 5.41) is 18.3. The molecule has 9 heteroatoms. The number of aromatic carboxylic acids is 2. The van der Waals surface area contributed by atoms with E-state index in [9.17, 15) is 27.2 Å². The smallest absolute Gasteiger partial charge is 0.416 e. The molecule has 4 rings (SSSR count). The van der Waals surface area contributed by atoms with Gasteiger partial charge in [0.05, 0.1) is 16.7 Å². The van der Waals surface area contributed by atoms with E-state index in [-0.39, 0.29) is 23.7 Å². The molecule has 0 heterocycles. The van der Waals surface area contributed by atoms with E-state index in [1.807, 2.05) is 6.08 Å². The predicted octanol–water partition coefficient (Wildman–Crippen LogP) is 8.71. The molecule has 0 aromatic heterocycles. The van der Waals surface area contributed by atoms with Gasteiger partial charge in [0.2, 0.25) is 0 Å². The van der Waals surface area contributed by atoms with Crippen molar-refractivity contribution >= 4 is 18.0 Å². The minimum Gasteiger partial charge on any atom is -0.488 e. The molecular weight excluding hydrogens is 576 g/mol. The molecule has 4 aromatic carbocycles. The molecule has 5 nitrogen and oxygen atoms in total. The Hall–Kier alpha value is -4.92. The minimum absolute atomic E-state index is 0.00723. The average Bonchev–Trinajstić information content (AvgIpc) is 3.00. The molecule has 0 aliphatic rings. The quantitative estimate of drug-likeness (QED) is 0.149. The molecule has 0 fully saturated rings. The topological polar surface area (TPSA) is 83.8 Å².